The Hall–Kier alpha value is -1.10. The van der Waals surface area contributed by atoms with Crippen molar-refractivity contribution in [3.63, 3.8) is 0 Å². The van der Waals surface area contributed by atoms with E-state index in [-0.39, 0.29) is 11.3 Å². The van der Waals surface area contributed by atoms with Crippen molar-refractivity contribution in [3.8, 4) is 0 Å². The fourth-order valence-electron chi connectivity index (χ4n) is 1.32. The largest absolute Gasteiger partial charge is 0.462 e. The fraction of sp³-hybridized carbons (Fsp3) is 0.417. The van der Waals surface area contributed by atoms with Crippen LogP contribution in [0.4, 0.5) is 10.1 Å². The Labute approximate surface area is 108 Å². The van der Waals surface area contributed by atoms with Crippen LogP contribution in [0.3, 0.4) is 0 Å². The lowest BCUT2D eigenvalue weighted by atomic mass is 10.2. The Morgan fingerprint density at radius 3 is 2.82 bits per heavy atom. The summed E-state index contributed by atoms with van der Waals surface area (Å²) in [5.74, 6) is -1.04. The van der Waals surface area contributed by atoms with Crippen LogP contribution in [0.5, 0.6) is 0 Å². The zero-order valence-electron chi connectivity index (χ0n) is 9.63. The molecule has 1 rings (SSSR count). The van der Waals surface area contributed by atoms with E-state index in [1.807, 2.05) is 0 Å². The molecule has 0 aliphatic rings. The van der Waals surface area contributed by atoms with Crippen LogP contribution in [-0.4, -0.2) is 12.6 Å². The van der Waals surface area contributed by atoms with Crippen LogP contribution in [0.15, 0.2) is 16.6 Å². The van der Waals surface area contributed by atoms with Gasteiger partial charge in [-0.25, -0.2) is 9.18 Å². The summed E-state index contributed by atoms with van der Waals surface area (Å²) in [6.07, 6.45) is 2.90. The molecule has 0 radical (unpaired) electrons. The summed E-state index contributed by atoms with van der Waals surface area (Å²) in [4.78, 5) is 11.7. The van der Waals surface area contributed by atoms with Crippen molar-refractivity contribution < 1.29 is 13.9 Å². The monoisotopic (exact) mass is 303 g/mol. The Balaban J connectivity index is 2.66. The molecule has 0 amide bonds. The molecule has 3 nitrogen and oxygen atoms in total. The van der Waals surface area contributed by atoms with Gasteiger partial charge in [-0.2, -0.15) is 0 Å². The first-order valence-electron chi connectivity index (χ1n) is 5.48. The average Bonchev–Trinajstić information content (AvgIpc) is 2.29. The highest BCUT2D eigenvalue weighted by Crippen LogP contribution is 2.23. The summed E-state index contributed by atoms with van der Waals surface area (Å²) in [5.41, 5.74) is 5.59. The van der Waals surface area contributed by atoms with Gasteiger partial charge < -0.3 is 10.5 Å². The fourth-order valence-corrected chi connectivity index (χ4v) is 1.79. The number of hydrogen-bond acceptors (Lipinski definition) is 3. The molecule has 0 atom stereocenters. The normalized spacial score (nSPS) is 10.3. The minimum Gasteiger partial charge on any atom is -0.462 e. The number of anilines is 1. The minimum atomic E-state index is -0.556. The summed E-state index contributed by atoms with van der Waals surface area (Å²) in [5, 5.41) is 0. The molecular weight excluding hydrogens is 289 g/mol. The molecule has 0 aliphatic heterocycles. The molecule has 0 spiro atoms. The molecule has 0 saturated heterocycles. The highest BCUT2D eigenvalue weighted by atomic mass is 79.9. The van der Waals surface area contributed by atoms with Crippen LogP contribution in [-0.2, 0) is 4.74 Å². The van der Waals surface area contributed by atoms with Gasteiger partial charge in [0.05, 0.1) is 17.9 Å². The van der Waals surface area contributed by atoms with Gasteiger partial charge in [0.2, 0.25) is 0 Å². The van der Waals surface area contributed by atoms with E-state index in [0.29, 0.717) is 11.1 Å². The third-order valence-electron chi connectivity index (χ3n) is 2.29. The quantitative estimate of drug-likeness (QED) is 0.514. The van der Waals surface area contributed by atoms with E-state index >= 15 is 0 Å². The van der Waals surface area contributed by atoms with E-state index in [4.69, 9.17) is 10.5 Å². The third kappa shape index (κ3) is 4.00. The first kappa shape index (κ1) is 14.0. The van der Waals surface area contributed by atoms with E-state index in [1.54, 1.807) is 0 Å². The van der Waals surface area contributed by atoms with Crippen molar-refractivity contribution in [3.05, 3.63) is 28.0 Å². The van der Waals surface area contributed by atoms with Crippen LogP contribution in [0.2, 0.25) is 0 Å². The van der Waals surface area contributed by atoms with Crippen LogP contribution >= 0.6 is 15.9 Å². The Kier molecular flexibility index (Phi) is 5.41. The Bertz CT molecular complexity index is 410. The number of halogens is 2. The van der Waals surface area contributed by atoms with E-state index < -0.39 is 11.8 Å². The van der Waals surface area contributed by atoms with E-state index in [9.17, 15) is 9.18 Å². The van der Waals surface area contributed by atoms with Crippen LogP contribution < -0.4 is 5.73 Å². The number of nitrogens with two attached hydrogens (primary N) is 1. The van der Waals surface area contributed by atoms with Gasteiger partial charge >= 0.3 is 5.97 Å². The minimum absolute atomic E-state index is 0.0614. The maximum absolute atomic E-state index is 13.1. The summed E-state index contributed by atoms with van der Waals surface area (Å²) in [6, 6.07) is 2.44. The zero-order chi connectivity index (χ0) is 12.8. The van der Waals surface area contributed by atoms with Crippen molar-refractivity contribution in [1.29, 1.82) is 0 Å². The van der Waals surface area contributed by atoms with E-state index in [1.165, 1.54) is 6.07 Å². The molecule has 0 fully saturated rings. The second-order valence-corrected chi connectivity index (χ2v) is 4.55. The topological polar surface area (TPSA) is 52.3 Å². The van der Waals surface area contributed by atoms with Gasteiger partial charge in [-0.15, -0.1) is 0 Å². The van der Waals surface area contributed by atoms with E-state index in [0.717, 1.165) is 25.3 Å². The Morgan fingerprint density at radius 1 is 1.47 bits per heavy atom. The number of hydrogen-bond donors (Lipinski definition) is 1. The van der Waals surface area contributed by atoms with Gasteiger partial charge in [0.25, 0.3) is 0 Å². The smallest absolute Gasteiger partial charge is 0.339 e. The second kappa shape index (κ2) is 6.59. The number of benzene rings is 1. The molecule has 0 saturated carbocycles. The summed E-state index contributed by atoms with van der Waals surface area (Å²) in [7, 11) is 0. The molecule has 0 heterocycles. The van der Waals surface area contributed by atoms with E-state index in [2.05, 4.69) is 22.9 Å². The molecule has 94 valence electrons. The number of nitrogen functional groups attached to an aromatic ring is 1. The molecule has 2 N–H and O–H groups in total. The first-order valence-corrected chi connectivity index (χ1v) is 6.27. The molecule has 17 heavy (non-hydrogen) atoms. The highest BCUT2D eigenvalue weighted by Gasteiger charge is 2.14. The van der Waals surface area contributed by atoms with Gasteiger partial charge in [-0.05, 0) is 34.5 Å². The molecule has 0 bridgehead atoms. The number of esters is 1. The van der Waals surface area contributed by atoms with Gasteiger partial charge in [0.15, 0.2) is 0 Å². The van der Waals surface area contributed by atoms with Gasteiger partial charge in [-0.1, -0.05) is 19.8 Å². The summed E-state index contributed by atoms with van der Waals surface area (Å²) in [6.45, 7) is 2.44. The van der Waals surface area contributed by atoms with Gasteiger partial charge in [-0.3, -0.25) is 0 Å². The SMILES string of the molecule is CCCCCOC(=O)c1cc(N)c(F)cc1Br. The average molecular weight is 304 g/mol. The van der Waals surface area contributed by atoms with Crippen molar-refractivity contribution in [2.75, 3.05) is 12.3 Å². The second-order valence-electron chi connectivity index (χ2n) is 3.70. The maximum atomic E-state index is 13.1. The molecule has 0 aliphatic carbocycles. The first-order chi connectivity index (χ1) is 8.06. The number of carbonyl (C=O) groups excluding carboxylic acids is 1. The molecule has 1 aromatic carbocycles. The molecule has 0 aromatic heterocycles. The summed E-state index contributed by atoms with van der Waals surface area (Å²) >= 11 is 3.11. The molecular formula is C12H15BrFNO2. The third-order valence-corrected chi connectivity index (χ3v) is 2.94. The number of unbranched alkanes of at least 4 members (excludes halogenated alkanes) is 2. The van der Waals surface area contributed by atoms with Gasteiger partial charge in [0.1, 0.15) is 5.82 Å². The number of carbonyl (C=O) groups is 1. The molecule has 1 aromatic rings. The van der Waals surface area contributed by atoms with Crippen molar-refractivity contribution in [1.82, 2.24) is 0 Å². The van der Waals surface area contributed by atoms with Crippen LogP contribution in [0.25, 0.3) is 0 Å². The summed E-state index contributed by atoms with van der Waals surface area (Å²) < 4.78 is 18.5. The van der Waals surface area contributed by atoms with Gasteiger partial charge in [0, 0.05) is 4.47 Å². The van der Waals surface area contributed by atoms with Crippen LogP contribution in [0.1, 0.15) is 36.5 Å². The highest BCUT2D eigenvalue weighted by molar-refractivity contribution is 9.10. The predicted octanol–water partition coefficient (Wildman–Crippen LogP) is 3.52. The van der Waals surface area contributed by atoms with Crippen molar-refractivity contribution in [2.45, 2.75) is 26.2 Å². The lowest BCUT2D eigenvalue weighted by Crippen LogP contribution is -2.08. The number of rotatable bonds is 5. The zero-order valence-corrected chi connectivity index (χ0v) is 11.2. The standard InChI is InChI=1S/C12H15BrFNO2/c1-2-3-4-5-17-12(16)8-6-11(15)10(14)7-9(8)13/h6-7H,2-5,15H2,1H3. The van der Waals surface area contributed by atoms with Crippen LogP contribution in [0, 0.1) is 5.82 Å². The lowest BCUT2D eigenvalue weighted by Gasteiger charge is -2.07. The number of ether oxygens (including phenoxy) is 1. The van der Waals surface area contributed by atoms with Crippen molar-refractivity contribution in [2.24, 2.45) is 0 Å². The predicted molar refractivity (Wildman–Crippen MR) is 68.3 cm³/mol. The maximum Gasteiger partial charge on any atom is 0.339 e. The van der Waals surface area contributed by atoms with Crippen molar-refractivity contribution >= 4 is 27.6 Å². The Morgan fingerprint density at radius 2 is 2.18 bits per heavy atom. The molecule has 0 unspecified atom stereocenters. The molecule has 5 heteroatoms. The lowest BCUT2D eigenvalue weighted by molar-refractivity contribution is 0.0497.